The molecule has 0 amide bonds. The number of esters is 1. The molecule has 0 aliphatic rings. The Balaban J connectivity index is 2.47. The third-order valence-electron chi connectivity index (χ3n) is 1.87. The highest BCUT2D eigenvalue weighted by Gasteiger charge is 2.06. The number of nitrogens with zero attached hydrogens (tertiary/aromatic N) is 2. The average Bonchev–Trinajstić information content (AvgIpc) is 2.21. The van der Waals surface area contributed by atoms with Crippen molar-refractivity contribution in [3.05, 3.63) is 29.0 Å². The normalized spacial score (nSPS) is 10.4. The molecule has 4 nitrogen and oxygen atoms in total. The van der Waals surface area contributed by atoms with Crippen molar-refractivity contribution in [2.45, 2.75) is 6.54 Å². The average molecular weight is 229 g/mol. The molecule has 0 spiro atoms. The molecule has 0 aromatic carbocycles. The Morgan fingerprint density at radius 3 is 2.87 bits per heavy atom. The van der Waals surface area contributed by atoms with Crippen molar-refractivity contribution in [1.29, 1.82) is 0 Å². The lowest BCUT2D eigenvalue weighted by molar-refractivity contribution is -0.141. The zero-order valence-corrected chi connectivity index (χ0v) is 9.49. The van der Waals surface area contributed by atoms with Crippen molar-refractivity contribution in [2.75, 3.05) is 20.7 Å². The largest absolute Gasteiger partial charge is 0.468 e. The molecule has 5 heteroatoms. The van der Waals surface area contributed by atoms with Gasteiger partial charge in [0.05, 0.1) is 13.7 Å². The second kappa shape index (κ2) is 5.68. The summed E-state index contributed by atoms with van der Waals surface area (Å²) in [6.45, 7) is 0.901. The molecular weight excluding hydrogens is 216 g/mol. The maximum absolute atomic E-state index is 11.0. The van der Waals surface area contributed by atoms with Gasteiger partial charge in [0.1, 0.15) is 5.15 Å². The molecule has 0 unspecified atom stereocenters. The molecule has 0 fully saturated rings. The Labute approximate surface area is 93.8 Å². The molecule has 0 saturated carbocycles. The summed E-state index contributed by atoms with van der Waals surface area (Å²) in [6, 6.07) is 3.60. The Morgan fingerprint density at radius 2 is 2.33 bits per heavy atom. The predicted molar refractivity (Wildman–Crippen MR) is 57.6 cm³/mol. The molecule has 0 atom stereocenters. The number of pyridine rings is 1. The minimum atomic E-state index is -0.251. The highest BCUT2D eigenvalue weighted by molar-refractivity contribution is 6.29. The monoisotopic (exact) mass is 228 g/mol. The van der Waals surface area contributed by atoms with Crippen LogP contribution in [0.5, 0.6) is 0 Å². The van der Waals surface area contributed by atoms with Gasteiger partial charge in [-0.3, -0.25) is 9.69 Å². The Morgan fingerprint density at radius 1 is 1.60 bits per heavy atom. The Kier molecular flexibility index (Phi) is 4.52. The number of halogens is 1. The van der Waals surface area contributed by atoms with Gasteiger partial charge in [0.25, 0.3) is 0 Å². The molecule has 0 aliphatic heterocycles. The summed E-state index contributed by atoms with van der Waals surface area (Å²) >= 11 is 5.66. The molecule has 82 valence electrons. The molecule has 1 aromatic heterocycles. The molecular formula is C10H13ClN2O2. The van der Waals surface area contributed by atoms with E-state index in [1.807, 2.05) is 18.0 Å². The molecule has 15 heavy (non-hydrogen) atoms. The van der Waals surface area contributed by atoms with Gasteiger partial charge in [-0.1, -0.05) is 17.7 Å². The maximum atomic E-state index is 11.0. The van der Waals surface area contributed by atoms with Gasteiger partial charge in [0, 0.05) is 12.7 Å². The quantitative estimate of drug-likeness (QED) is 0.576. The summed E-state index contributed by atoms with van der Waals surface area (Å²) in [5.74, 6) is -0.251. The summed E-state index contributed by atoms with van der Waals surface area (Å²) in [7, 11) is 3.21. The van der Waals surface area contributed by atoms with Gasteiger partial charge in [-0.2, -0.15) is 0 Å². The number of hydrogen-bond donors (Lipinski definition) is 0. The van der Waals surface area contributed by atoms with Crippen LogP contribution in [0.4, 0.5) is 0 Å². The van der Waals surface area contributed by atoms with Crippen molar-refractivity contribution in [2.24, 2.45) is 0 Å². The lowest BCUT2D eigenvalue weighted by Crippen LogP contribution is -2.26. The zero-order valence-electron chi connectivity index (χ0n) is 8.74. The Hall–Kier alpha value is -1.13. The number of likely N-dealkylation sites (N-methyl/N-ethyl adjacent to an activating group) is 1. The van der Waals surface area contributed by atoms with E-state index in [0.29, 0.717) is 11.7 Å². The smallest absolute Gasteiger partial charge is 0.319 e. The van der Waals surface area contributed by atoms with Crippen LogP contribution in [0.3, 0.4) is 0 Å². The first kappa shape index (κ1) is 11.9. The van der Waals surface area contributed by atoms with Crippen LogP contribution in [0.1, 0.15) is 5.56 Å². The van der Waals surface area contributed by atoms with Crippen molar-refractivity contribution in [3.8, 4) is 0 Å². The summed E-state index contributed by atoms with van der Waals surface area (Å²) in [6.07, 6.45) is 1.69. The minimum absolute atomic E-state index is 0.251. The number of carbonyl (C=O) groups is 1. The first-order chi connectivity index (χ1) is 7.11. The van der Waals surface area contributed by atoms with Gasteiger partial charge in [0.2, 0.25) is 0 Å². The SMILES string of the molecule is COC(=O)CN(C)Cc1ccc(Cl)nc1. The number of hydrogen-bond acceptors (Lipinski definition) is 4. The van der Waals surface area contributed by atoms with E-state index in [0.717, 1.165) is 5.56 Å². The fourth-order valence-corrected chi connectivity index (χ4v) is 1.26. The van der Waals surface area contributed by atoms with E-state index in [2.05, 4.69) is 9.72 Å². The molecule has 1 rings (SSSR count). The van der Waals surface area contributed by atoms with Gasteiger partial charge in [-0.25, -0.2) is 4.98 Å². The second-order valence-corrected chi connectivity index (χ2v) is 3.62. The van der Waals surface area contributed by atoms with Crippen molar-refractivity contribution in [3.63, 3.8) is 0 Å². The summed E-state index contributed by atoms with van der Waals surface area (Å²) in [4.78, 5) is 16.8. The lowest BCUT2D eigenvalue weighted by atomic mass is 10.3. The molecule has 0 saturated heterocycles. The molecule has 1 aromatic rings. The summed E-state index contributed by atoms with van der Waals surface area (Å²) < 4.78 is 4.56. The molecule has 0 bridgehead atoms. The first-order valence-electron chi connectivity index (χ1n) is 4.47. The van der Waals surface area contributed by atoms with Crippen molar-refractivity contribution < 1.29 is 9.53 Å². The predicted octanol–water partition coefficient (Wildman–Crippen LogP) is 1.34. The van der Waals surface area contributed by atoms with Crippen LogP contribution in [0.25, 0.3) is 0 Å². The maximum Gasteiger partial charge on any atom is 0.319 e. The van der Waals surface area contributed by atoms with E-state index < -0.39 is 0 Å². The standard InChI is InChI=1S/C10H13ClN2O2/c1-13(7-10(14)15-2)6-8-3-4-9(11)12-5-8/h3-5H,6-7H2,1-2H3. The van der Waals surface area contributed by atoms with Crippen LogP contribution >= 0.6 is 11.6 Å². The fraction of sp³-hybridized carbons (Fsp3) is 0.400. The van der Waals surface area contributed by atoms with Crippen molar-refractivity contribution in [1.82, 2.24) is 9.88 Å². The van der Waals surface area contributed by atoms with E-state index >= 15 is 0 Å². The highest BCUT2D eigenvalue weighted by atomic mass is 35.5. The fourth-order valence-electron chi connectivity index (χ4n) is 1.15. The number of methoxy groups -OCH3 is 1. The van der Waals surface area contributed by atoms with E-state index in [1.54, 1.807) is 12.3 Å². The van der Waals surface area contributed by atoms with Gasteiger partial charge < -0.3 is 4.74 Å². The lowest BCUT2D eigenvalue weighted by Gasteiger charge is -2.14. The summed E-state index contributed by atoms with van der Waals surface area (Å²) in [5, 5.41) is 0.467. The minimum Gasteiger partial charge on any atom is -0.468 e. The first-order valence-corrected chi connectivity index (χ1v) is 4.85. The third-order valence-corrected chi connectivity index (χ3v) is 2.09. The van der Waals surface area contributed by atoms with E-state index in [4.69, 9.17) is 11.6 Å². The van der Waals surface area contributed by atoms with E-state index in [1.165, 1.54) is 7.11 Å². The van der Waals surface area contributed by atoms with Crippen LogP contribution in [-0.4, -0.2) is 36.6 Å². The molecule has 0 N–H and O–H groups in total. The van der Waals surface area contributed by atoms with E-state index in [9.17, 15) is 4.79 Å². The van der Waals surface area contributed by atoms with E-state index in [-0.39, 0.29) is 12.5 Å². The van der Waals surface area contributed by atoms with Gasteiger partial charge in [-0.05, 0) is 18.7 Å². The highest BCUT2D eigenvalue weighted by Crippen LogP contribution is 2.06. The van der Waals surface area contributed by atoms with Crippen LogP contribution in [0.2, 0.25) is 5.15 Å². The zero-order chi connectivity index (χ0) is 11.3. The number of aromatic nitrogens is 1. The van der Waals surface area contributed by atoms with Crippen LogP contribution in [0.15, 0.2) is 18.3 Å². The number of carbonyl (C=O) groups excluding carboxylic acids is 1. The van der Waals surface area contributed by atoms with Gasteiger partial charge in [-0.15, -0.1) is 0 Å². The van der Waals surface area contributed by atoms with Gasteiger partial charge in [0.15, 0.2) is 0 Å². The second-order valence-electron chi connectivity index (χ2n) is 3.24. The van der Waals surface area contributed by atoms with Gasteiger partial charge >= 0.3 is 5.97 Å². The number of rotatable bonds is 4. The molecule has 0 aliphatic carbocycles. The number of ether oxygens (including phenoxy) is 1. The topological polar surface area (TPSA) is 42.4 Å². The molecule has 1 heterocycles. The Bertz CT molecular complexity index is 327. The van der Waals surface area contributed by atoms with Crippen LogP contribution < -0.4 is 0 Å². The third kappa shape index (κ3) is 4.27. The van der Waals surface area contributed by atoms with Crippen LogP contribution in [0, 0.1) is 0 Å². The summed E-state index contributed by atoms with van der Waals surface area (Å²) in [5.41, 5.74) is 1.01. The molecule has 0 radical (unpaired) electrons. The van der Waals surface area contributed by atoms with Crippen LogP contribution in [-0.2, 0) is 16.1 Å². The van der Waals surface area contributed by atoms with Crippen molar-refractivity contribution >= 4 is 17.6 Å².